The first-order valence-corrected chi connectivity index (χ1v) is 7.30. The SMILES string of the molecule is CCc1cc(C)c(C2C(=O)NC(C)(C)C2=O)c(CC)c1. The van der Waals surface area contributed by atoms with E-state index in [-0.39, 0.29) is 11.7 Å². The molecule has 0 aliphatic carbocycles. The Morgan fingerprint density at radius 2 is 1.80 bits per heavy atom. The molecule has 1 unspecified atom stereocenters. The van der Waals surface area contributed by atoms with Gasteiger partial charge in [-0.3, -0.25) is 9.59 Å². The number of benzene rings is 1. The summed E-state index contributed by atoms with van der Waals surface area (Å²) in [4.78, 5) is 24.8. The van der Waals surface area contributed by atoms with Crippen molar-refractivity contribution in [2.75, 3.05) is 0 Å². The summed E-state index contributed by atoms with van der Waals surface area (Å²) in [7, 11) is 0. The molecule has 1 aromatic rings. The fourth-order valence-electron chi connectivity index (χ4n) is 3.05. The molecule has 1 saturated heterocycles. The molecular formula is C17H23NO2. The van der Waals surface area contributed by atoms with E-state index in [1.165, 1.54) is 5.56 Å². The van der Waals surface area contributed by atoms with Crippen molar-refractivity contribution < 1.29 is 9.59 Å². The summed E-state index contributed by atoms with van der Waals surface area (Å²) in [6.07, 6.45) is 1.80. The highest BCUT2D eigenvalue weighted by Gasteiger charge is 2.48. The number of rotatable bonds is 3. The van der Waals surface area contributed by atoms with Crippen LogP contribution in [-0.4, -0.2) is 17.2 Å². The first-order valence-electron chi connectivity index (χ1n) is 7.30. The van der Waals surface area contributed by atoms with Gasteiger partial charge in [-0.25, -0.2) is 0 Å². The fraction of sp³-hybridized carbons (Fsp3) is 0.529. The molecule has 1 aromatic carbocycles. The van der Waals surface area contributed by atoms with Gasteiger partial charge in [0.05, 0.1) is 5.54 Å². The zero-order valence-corrected chi connectivity index (χ0v) is 13.0. The van der Waals surface area contributed by atoms with Crippen LogP contribution >= 0.6 is 0 Å². The molecule has 1 fully saturated rings. The van der Waals surface area contributed by atoms with Crippen LogP contribution in [0, 0.1) is 6.92 Å². The van der Waals surface area contributed by atoms with E-state index in [4.69, 9.17) is 0 Å². The quantitative estimate of drug-likeness (QED) is 0.861. The van der Waals surface area contributed by atoms with Crippen LogP contribution < -0.4 is 5.32 Å². The lowest BCUT2D eigenvalue weighted by atomic mass is 9.83. The molecule has 1 aliphatic heterocycles. The molecule has 1 atom stereocenters. The van der Waals surface area contributed by atoms with Crippen molar-refractivity contribution in [3.05, 3.63) is 34.4 Å². The average Bonchev–Trinajstić information content (AvgIpc) is 2.58. The molecule has 1 N–H and O–H groups in total. The molecule has 0 spiro atoms. The van der Waals surface area contributed by atoms with Crippen LogP contribution in [0.25, 0.3) is 0 Å². The molecule has 20 heavy (non-hydrogen) atoms. The van der Waals surface area contributed by atoms with E-state index < -0.39 is 11.5 Å². The van der Waals surface area contributed by atoms with Gasteiger partial charge < -0.3 is 5.32 Å². The molecule has 1 aliphatic rings. The lowest BCUT2D eigenvalue weighted by Crippen LogP contribution is -2.39. The highest BCUT2D eigenvalue weighted by Crippen LogP contribution is 2.34. The molecule has 108 valence electrons. The van der Waals surface area contributed by atoms with Gasteiger partial charge in [0, 0.05) is 0 Å². The molecular weight excluding hydrogens is 250 g/mol. The van der Waals surface area contributed by atoms with Gasteiger partial charge in [0.25, 0.3) is 0 Å². The van der Waals surface area contributed by atoms with Crippen LogP contribution in [0.1, 0.15) is 55.9 Å². The maximum absolute atomic E-state index is 12.5. The monoisotopic (exact) mass is 273 g/mol. The molecule has 0 saturated carbocycles. The number of hydrogen-bond acceptors (Lipinski definition) is 2. The molecule has 3 heteroatoms. The number of carbonyl (C=O) groups excluding carboxylic acids is 2. The maximum atomic E-state index is 12.5. The zero-order chi connectivity index (χ0) is 15.1. The highest BCUT2D eigenvalue weighted by atomic mass is 16.2. The standard InChI is InChI=1S/C17H23NO2/c1-6-11-8-10(3)13(12(7-2)9-11)14-15(19)17(4,5)18-16(14)20/h8-9,14H,6-7H2,1-5H3,(H,18,20). The van der Waals surface area contributed by atoms with Gasteiger partial charge in [0.15, 0.2) is 5.78 Å². The van der Waals surface area contributed by atoms with E-state index in [0.717, 1.165) is 29.5 Å². The second-order valence-corrected chi connectivity index (χ2v) is 6.10. The van der Waals surface area contributed by atoms with Crippen molar-refractivity contribution in [1.29, 1.82) is 0 Å². The van der Waals surface area contributed by atoms with Crippen LogP contribution in [0.4, 0.5) is 0 Å². The Balaban J connectivity index is 2.58. The Hall–Kier alpha value is -1.64. The second-order valence-electron chi connectivity index (χ2n) is 6.10. The Labute approximate surface area is 120 Å². The Morgan fingerprint density at radius 1 is 1.15 bits per heavy atom. The van der Waals surface area contributed by atoms with Gasteiger partial charge >= 0.3 is 0 Å². The van der Waals surface area contributed by atoms with E-state index >= 15 is 0 Å². The number of nitrogens with one attached hydrogen (secondary N) is 1. The summed E-state index contributed by atoms with van der Waals surface area (Å²) in [5, 5.41) is 2.81. The van der Waals surface area contributed by atoms with Crippen molar-refractivity contribution >= 4 is 11.7 Å². The smallest absolute Gasteiger partial charge is 0.235 e. The molecule has 2 rings (SSSR count). The Bertz CT molecular complexity index is 573. The van der Waals surface area contributed by atoms with Gasteiger partial charge in [0.2, 0.25) is 5.91 Å². The van der Waals surface area contributed by atoms with Crippen molar-refractivity contribution in [1.82, 2.24) is 5.32 Å². The Morgan fingerprint density at radius 3 is 2.25 bits per heavy atom. The molecule has 0 bridgehead atoms. The van der Waals surface area contributed by atoms with E-state index in [0.29, 0.717) is 0 Å². The normalized spacial score (nSPS) is 21.1. The lowest BCUT2D eigenvalue weighted by molar-refractivity contribution is -0.125. The molecule has 0 radical (unpaired) electrons. The summed E-state index contributed by atoms with van der Waals surface area (Å²) < 4.78 is 0. The number of hydrogen-bond donors (Lipinski definition) is 1. The molecule has 1 amide bonds. The van der Waals surface area contributed by atoms with Gasteiger partial charge in [0.1, 0.15) is 5.92 Å². The van der Waals surface area contributed by atoms with Crippen LogP contribution in [0.15, 0.2) is 12.1 Å². The van der Waals surface area contributed by atoms with Gasteiger partial charge in [-0.1, -0.05) is 26.0 Å². The summed E-state index contributed by atoms with van der Waals surface area (Å²) >= 11 is 0. The predicted octanol–water partition coefficient (Wildman–Crippen LogP) is 2.68. The van der Waals surface area contributed by atoms with Gasteiger partial charge in [-0.15, -0.1) is 0 Å². The van der Waals surface area contributed by atoms with E-state index in [1.54, 1.807) is 13.8 Å². The maximum Gasteiger partial charge on any atom is 0.235 e. The topological polar surface area (TPSA) is 46.2 Å². The van der Waals surface area contributed by atoms with E-state index in [1.807, 2.05) is 6.92 Å². The minimum absolute atomic E-state index is 0.0236. The molecule has 1 heterocycles. The van der Waals surface area contributed by atoms with Crippen molar-refractivity contribution in [2.24, 2.45) is 0 Å². The summed E-state index contributed by atoms with van der Waals surface area (Å²) in [6, 6.07) is 4.23. The lowest BCUT2D eigenvalue weighted by Gasteiger charge is -2.18. The molecule has 3 nitrogen and oxygen atoms in total. The van der Waals surface area contributed by atoms with Crippen LogP contribution in [0.3, 0.4) is 0 Å². The second kappa shape index (κ2) is 5.04. The summed E-state index contributed by atoms with van der Waals surface area (Å²) in [6.45, 7) is 9.73. The van der Waals surface area contributed by atoms with Crippen LogP contribution in [0.2, 0.25) is 0 Å². The van der Waals surface area contributed by atoms with E-state index in [2.05, 4.69) is 31.3 Å². The third-order valence-electron chi connectivity index (χ3n) is 4.19. The largest absolute Gasteiger partial charge is 0.343 e. The summed E-state index contributed by atoms with van der Waals surface area (Å²) in [5.74, 6) is -0.836. The highest BCUT2D eigenvalue weighted by molar-refractivity contribution is 6.17. The minimum atomic E-state index is -0.761. The number of carbonyl (C=O) groups is 2. The number of amides is 1. The zero-order valence-electron chi connectivity index (χ0n) is 13.0. The number of Topliss-reactive ketones (excluding diaryl/α,β-unsaturated/α-hetero) is 1. The number of aryl methyl sites for hydroxylation is 3. The van der Waals surface area contributed by atoms with E-state index in [9.17, 15) is 9.59 Å². The average molecular weight is 273 g/mol. The third-order valence-corrected chi connectivity index (χ3v) is 4.19. The number of ketones is 1. The molecule has 0 aromatic heterocycles. The van der Waals surface area contributed by atoms with Gasteiger partial charge in [-0.05, 0) is 55.9 Å². The van der Waals surface area contributed by atoms with Crippen LogP contribution in [0.5, 0.6) is 0 Å². The van der Waals surface area contributed by atoms with Crippen molar-refractivity contribution in [2.45, 2.75) is 58.9 Å². The third kappa shape index (κ3) is 2.26. The predicted molar refractivity (Wildman–Crippen MR) is 79.9 cm³/mol. The first-order chi connectivity index (χ1) is 9.31. The van der Waals surface area contributed by atoms with Crippen molar-refractivity contribution in [3.63, 3.8) is 0 Å². The first kappa shape index (κ1) is 14.8. The Kier molecular flexibility index (Phi) is 3.72. The fourth-order valence-corrected chi connectivity index (χ4v) is 3.05. The van der Waals surface area contributed by atoms with Crippen molar-refractivity contribution in [3.8, 4) is 0 Å². The van der Waals surface area contributed by atoms with Crippen LogP contribution in [-0.2, 0) is 22.4 Å². The minimum Gasteiger partial charge on any atom is -0.343 e. The van der Waals surface area contributed by atoms with Gasteiger partial charge in [-0.2, -0.15) is 0 Å². The summed E-state index contributed by atoms with van der Waals surface area (Å²) in [5.41, 5.74) is 3.58.